The maximum atomic E-state index is 12.3. The molecule has 2 aromatic rings. The summed E-state index contributed by atoms with van der Waals surface area (Å²) in [6.45, 7) is 5.33. The van der Waals surface area contributed by atoms with E-state index in [9.17, 15) is 19.2 Å². The highest BCUT2D eigenvalue weighted by atomic mass is 35.5. The molecule has 3 unspecified atom stereocenters. The molecule has 0 bridgehead atoms. The zero-order chi connectivity index (χ0) is 33.4. The maximum Gasteiger partial charge on any atom is 0.303 e. The third-order valence-electron chi connectivity index (χ3n) is 8.42. The molecule has 250 valence electrons. The van der Waals surface area contributed by atoms with E-state index < -0.39 is 54.4 Å². The lowest BCUT2D eigenvalue weighted by Gasteiger charge is -2.44. The molecule has 1 heterocycles. The summed E-state index contributed by atoms with van der Waals surface area (Å²) in [5.74, 6) is -1.51. The summed E-state index contributed by atoms with van der Waals surface area (Å²) < 4.78 is 33.7. The molecule has 1 saturated carbocycles. The number of rotatable bonds is 11. The van der Waals surface area contributed by atoms with Gasteiger partial charge in [-0.3, -0.25) is 19.2 Å². The summed E-state index contributed by atoms with van der Waals surface area (Å²) in [5.41, 5.74) is 3.77. The second-order valence-electron chi connectivity index (χ2n) is 12.1. The average Bonchev–Trinajstić information content (AvgIpc) is 2.99. The molecule has 2 aromatic carbocycles. The molecule has 0 aromatic heterocycles. The molecule has 7 atom stereocenters. The van der Waals surface area contributed by atoms with Crippen molar-refractivity contribution in [3.05, 3.63) is 69.7 Å². The van der Waals surface area contributed by atoms with Gasteiger partial charge in [0.05, 0.1) is 0 Å². The van der Waals surface area contributed by atoms with Crippen LogP contribution in [0.1, 0.15) is 87.7 Å². The number of ether oxygens (including phenoxy) is 6. The first-order valence-corrected chi connectivity index (χ1v) is 16.0. The Morgan fingerprint density at radius 3 is 2.04 bits per heavy atom. The van der Waals surface area contributed by atoms with Crippen molar-refractivity contribution in [1.29, 1.82) is 0 Å². The smallest absolute Gasteiger partial charge is 0.303 e. The van der Waals surface area contributed by atoms with Gasteiger partial charge in [-0.1, -0.05) is 54.4 Å². The minimum absolute atomic E-state index is 0.297. The number of methoxy groups -OCH3 is 1. The molecule has 46 heavy (non-hydrogen) atoms. The molecule has 0 N–H and O–H groups in total. The molecule has 2 fully saturated rings. The lowest BCUT2D eigenvalue weighted by Crippen LogP contribution is -2.59. The van der Waals surface area contributed by atoms with Crippen molar-refractivity contribution < 1.29 is 47.6 Å². The molecule has 11 heteroatoms. The summed E-state index contributed by atoms with van der Waals surface area (Å²) in [7, 11) is 1.76. The number of carbonyl (C=O) groups is 4. The number of hydrogen-bond donors (Lipinski definition) is 0. The van der Waals surface area contributed by atoms with Crippen LogP contribution in [-0.2, 0) is 54.0 Å². The molecule has 0 spiro atoms. The second kappa shape index (κ2) is 16.4. The van der Waals surface area contributed by atoms with Gasteiger partial charge in [-0.2, -0.15) is 0 Å². The fourth-order valence-corrected chi connectivity index (χ4v) is 6.70. The van der Waals surface area contributed by atoms with Crippen molar-refractivity contribution in [3.8, 4) is 0 Å². The maximum absolute atomic E-state index is 12.3. The van der Waals surface area contributed by atoms with Crippen LogP contribution in [0.2, 0.25) is 5.02 Å². The van der Waals surface area contributed by atoms with Crippen LogP contribution in [0.25, 0.3) is 0 Å². The van der Waals surface area contributed by atoms with Gasteiger partial charge in [0, 0.05) is 46.4 Å². The lowest BCUT2D eigenvalue weighted by atomic mass is 9.78. The van der Waals surface area contributed by atoms with Crippen molar-refractivity contribution in [2.45, 2.75) is 96.2 Å². The minimum Gasteiger partial charge on any atom is -0.463 e. The third-order valence-corrected chi connectivity index (χ3v) is 8.79. The summed E-state index contributed by atoms with van der Waals surface area (Å²) in [6.07, 6.45) is -0.464. The van der Waals surface area contributed by atoms with Crippen LogP contribution in [-0.4, -0.2) is 68.6 Å². The number of carbonyl (C=O) groups excluding carboxylic acids is 4. The first kappa shape index (κ1) is 35.4. The van der Waals surface area contributed by atoms with E-state index in [1.54, 1.807) is 19.2 Å². The van der Waals surface area contributed by atoms with Gasteiger partial charge in [0.25, 0.3) is 0 Å². The second-order valence-corrected chi connectivity index (χ2v) is 12.5. The Labute approximate surface area is 275 Å². The number of halogens is 1. The minimum atomic E-state index is -1.25. The van der Waals surface area contributed by atoms with Crippen molar-refractivity contribution in [2.24, 2.45) is 5.92 Å². The van der Waals surface area contributed by atoms with E-state index in [2.05, 4.69) is 24.3 Å². The Morgan fingerprint density at radius 1 is 0.783 bits per heavy atom. The average molecular weight is 659 g/mol. The highest BCUT2D eigenvalue weighted by Crippen LogP contribution is 2.40. The van der Waals surface area contributed by atoms with Crippen molar-refractivity contribution >= 4 is 35.5 Å². The van der Waals surface area contributed by atoms with Crippen molar-refractivity contribution in [3.63, 3.8) is 0 Å². The van der Waals surface area contributed by atoms with Gasteiger partial charge in [-0.15, -0.1) is 0 Å². The summed E-state index contributed by atoms with van der Waals surface area (Å²) in [5, 5.41) is 0.535. The van der Waals surface area contributed by atoms with E-state index >= 15 is 0 Å². The van der Waals surface area contributed by atoms with Gasteiger partial charge in [-0.05, 0) is 65.8 Å². The van der Waals surface area contributed by atoms with Crippen LogP contribution in [0.4, 0.5) is 0 Å². The molecule has 2 aliphatic rings. The molecule has 10 nitrogen and oxygen atoms in total. The van der Waals surface area contributed by atoms with E-state index in [0.29, 0.717) is 28.8 Å². The molecule has 1 aliphatic heterocycles. The van der Waals surface area contributed by atoms with E-state index in [1.165, 1.54) is 52.5 Å². The Morgan fingerprint density at radius 2 is 1.41 bits per heavy atom. The first-order chi connectivity index (χ1) is 21.9. The molecular weight excluding hydrogens is 616 g/mol. The third kappa shape index (κ3) is 9.53. The van der Waals surface area contributed by atoms with Crippen molar-refractivity contribution in [2.75, 3.05) is 20.3 Å². The Balaban J connectivity index is 1.63. The Bertz CT molecular complexity index is 1370. The van der Waals surface area contributed by atoms with Gasteiger partial charge in [0.15, 0.2) is 18.3 Å². The van der Waals surface area contributed by atoms with Crippen molar-refractivity contribution in [1.82, 2.24) is 0 Å². The lowest BCUT2D eigenvalue weighted by molar-refractivity contribution is -0.254. The van der Waals surface area contributed by atoms with Gasteiger partial charge in [0.1, 0.15) is 18.8 Å². The molecule has 4 rings (SSSR count). The SMILES string of the molecule is COCC1CCCC(c2ccc(Cc3cc(C4O[C@H](COC(C)=O)[C@@H](OC(C)=O)[C@H](OC(C)=O)[C@H]4OC(C)=O)ccc3Cl)cc2)C1. The predicted octanol–water partition coefficient (Wildman–Crippen LogP) is 5.65. The zero-order valence-electron chi connectivity index (χ0n) is 27.0. The largest absolute Gasteiger partial charge is 0.463 e. The van der Waals surface area contributed by atoms with Gasteiger partial charge in [0.2, 0.25) is 0 Å². The normalized spacial score (nSPS) is 26.1. The Hall–Kier alpha value is -3.47. The van der Waals surface area contributed by atoms with Crippen LogP contribution < -0.4 is 0 Å². The van der Waals surface area contributed by atoms with Crippen LogP contribution in [0, 0.1) is 5.92 Å². The summed E-state index contributed by atoms with van der Waals surface area (Å²) in [4.78, 5) is 48.2. The highest BCUT2D eigenvalue weighted by molar-refractivity contribution is 6.31. The van der Waals surface area contributed by atoms with E-state index in [1.807, 2.05) is 6.07 Å². The summed E-state index contributed by atoms with van der Waals surface area (Å²) >= 11 is 6.67. The molecule has 0 radical (unpaired) electrons. The standard InChI is InChI=1S/C35H43ClO10/c1-20(37)42-19-31-33(43-21(2)38)35(45-23(4)40)34(44-22(3)39)32(46-31)28-13-14-30(36)29(17-28)15-24-9-11-26(12-10-24)27-8-6-7-25(16-27)18-41-5/h9-14,17,25,27,31-35H,6-8,15-16,18-19H2,1-5H3/t25?,27?,31-,32?,33-,34+,35+/m1/s1. The molecular formula is C35H43ClO10. The topological polar surface area (TPSA) is 124 Å². The van der Waals surface area contributed by atoms with E-state index in [0.717, 1.165) is 24.2 Å². The fourth-order valence-electron chi connectivity index (χ4n) is 6.51. The molecule has 1 aliphatic carbocycles. The molecule has 0 amide bonds. The highest BCUT2D eigenvalue weighted by Gasteiger charge is 2.52. The van der Waals surface area contributed by atoms with Crippen LogP contribution in [0.3, 0.4) is 0 Å². The van der Waals surface area contributed by atoms with E-state index in [4.69, 9.17) is 40.0 Å². The molecule has 1 saturated heterocycles. The number of benzene rings is 2. The van der Waals surface area contributed by atoms with E-state index in [-0.39, 0.29) is 6.61 Å². The van der Waals surface area contributed by atoms with Crippen LogP contribution in [0.15, 0.2) is 42.5 Å². The van der Waals surface area contributed by atoms with Crippen LogP contribution >= 0.6 is 11.6 Å². The quantitative estimate of drug-likeness (QED) is 0.221. The van der Waals surface area contributed by atoms with Crippen LogP contribution in [0.5, 0.6) is 0 Å². The van der Waals surface area contributed by atoms with Gasteiger partial charge in [-0.25, -0.2) is 0 Å². The Kier molecular flexibility index (Phi) is 12.6. The number of hydrogen-bond acceptors (Lipinski definition) is 10. The van der Waals surface area contributed by atoms with Gasteiger partial charge < -0.3 is 28.4 Å². The summed E-state index contributed by atoms with van der Waals surface area (Å²) in [6, 6.07) is 13.9. The fraction of sp³-hybridized carbons (Fsp3) is 0.543. The zero-order valence-corrected chi connectivity index (χ0v) is 27.7. The monoisotopic (exact) mass is 658 g/mol. The van der Waals surface area contributed by atoms with Gasteiger partial charge >= 0.3 is 23.9 Å². The predicted molar refractivity (Wildman–Crippen MR) is 168 cm³/mol. The first-order valence-electron chi connectivity index (χ1n) is 15.6. The number of esters is 4.